The van der Waals surface area contributed by atoms with Gasteiger partial charge >= 0.3 is 19.5 Å². The van der Waals surface area contributed by atoms with Crippen LogP contribution in [-0.2, 0) is 19.5 Å². The summed E-state index contributed by atoms with van der Waals surface area (Å²) in [5, 5.41) is 4.37. The SMILES string of the molecule is [Cl-].[Zn+2].[c-]1cc2ccccc2s1. The van der Waals surface area contributed by atoms with Crippen LogP contribution in [0.25, 0.3) is 10.1 Å². The Morgan fingerprint density at radius 2 is 1.91 bits per heavy atom. The minimum absolute atomic E-state index is 0. The van der Waals surface area contributed by atoms with Gasteiger partial charge in [-0.1, -0.05) is 12.1 Å². The van der Waals surface area contributed by atoms with Crippen LogP contribution in [0.3, 0.4) is 0 Å². The molecule has 0 fully saturated rings. The van der Waals surface area contributed by atoms with Crippen molar-refractivity contribution >= 4 is 21.4 Å². The van der Waals surface area contributed by atoms with Crippen LogP contribution < -0.4 is 12.4 Å². The van der Waals surface area contributed by atoms with E-state index in [9.17, 15) is 0 Å². The molecule has 11 heavy (non-hydrogen) atoms. The van der Waals surface area contributed by atoms with Gasteiger partial charge in [-0.05, 0) is 0 Å². The number of fused-ring (bicyclic) bond motifs is 1. The monoisotopic (exact) mass is 232 g/mol. The first-order valence-corrected chi connectivity index (χ1v) is 3.63. The molecule has 0 aliphatic heterocycles. The van der Waals surface area contributed by atoms with Gasteiger partial charge in [0.1, 0.15) is 0 Å². The molecule has 0 aliphatic carbocycles. The van der Waals surface area contributed by atoms with Crippen molar-refractivity contribution in [1.82, 2.24) is 0 Å². The van der Waals surface area contributed by atoms with Gasteiger partial charge in [-0.15, -0.1) is 22.2 Å². The second kappa shape index (κ2) is 4.87. The maximum Gasteiger partial charge on any atom is 2.00 e. The Morgan fingerprint density at radius 1 is 1.18 bits per heavy atom. The molecule has 0 amide bonds. The summed E-state index contributed by atoms with van der Waals surface area (Å²) in [6.45, 7) is 0. The average molecular weight is 234 g/mol. The number of hydrogen-bond acceptors (Lipinski definition) is 1. The van der Waals surface area contributed by atoms with E-state index in [0.29, 0.717) is 0 Å². The number of halogens is 1. The van der Waals surface area contributed by atoms with Crippen LogP contribution >= 0.6 is 11.3 Å². The van der Waals surface area contributed by atoms with Gasteiger partial charge in [-0.25, -0.2) is 0 Å². The summed E-state index contributed by atoms with van der Waals surface area (Å²) in [7, 11) is 0. The van der Waals surface area contributed by atoms with E-state index in [1.54, 1.807) is 11.3 Å². The van der Waals surface area contributed by atoms with E-state index in [-0.39, 0.29) is 31.9 Å². The van der Waals surface area contributed by atoms with E-state index in [1.807, 2.05) is 18.2 Å². The second-order valence-electron chi connectivity index (χ2n) is 1.90. The largest absolute Gasteiger partial charge is 2.00 e. The van der Waals surface area contributed by atoms with Gasteiger partial charge in [0.15, 0.2) is 0 Å². The zero-order chi connectivity index (χ0) is 6.10. The number of thiophene rings is 1. The van der Waals surface area contributed by atoms with Crippen molar-refractivity contribution in [2.45, 2.75) is 0 Å². The van der Waals surface area contributed by atoms with Gasteiger partial charge in [-0.3, -0.25) is 11.3 Å². The van der Waals surface area contributed by atoms with Crippen LogP contribution in [-0.4, -0.2) is 0 Å². The predicted molar refractivity (Wildman–Crippen MR) is 40.7 cm³/mol. The van der Waals surface area contributed by atoms with Crippen molar-refractivity contribution in [2.75, 3.05) is 0 Å². The smallest absolute Gasteiger partial charge is 1.00 e. The molecule has 0 unspecified atom stereocenters. The summed E-state index contributed by atoms with van der Waals surface area (Å²) < 4.78 is 1.32. The molecule has 1 heterocycles. The molecular formula is C8H5ClSZn. The molecule has 3 heteroatoms. The van der Waals surface area contributed by atoms with Gasteiger partial charge < -0.3 is 12.4 Å². The summed E-state index contributed by atoms with van der Waals surface area (Å²) in [6.07, 6.45) is 0. The van der Waals surface area contributed by atoms with Crippen molar-refractivity contribution in [1.29, 1.82) is 0 Å². The van der Waals surface area contributed by atoms with Crippen LogP contribution in [0, 0.1) is 5.38 Å². The van der Waals surface area contributed by atoms with Gasteiger partial charge in [0.25, 0.3) is 0 Å². The fraction of sp³-hybridized carbons (Fsp3) is 0. The number of benzene rings is 1. The summed E-state index contributed by atoms with van der Waals surface area (Å²) in [5.74, 6) is 0. The molecule has 0 nitrogen and oxygen atoms in total. The first-order chi connectivity index (χ1) is 4.47. The zero-order valence-corrected chi connectivity index (χ0v) is 10.4. The summed E-state index contributed by atoms with van der Waals surface area (Å²) >= 11 is 1.66. The van der Waals surface area contributed by atoms with E-state index in [1.165, 1.54) is 10.1 Å². The van der Waals surface area contributed by atoms with Crippen molar-refractivity contribution in [3.63, 3.8) is 0 Å². The first-order valence-electron chi connectivity index (χ1n) is 2.81. The normalized spacial score (nSPS) is 8.36. The molecule has 2 aromatic rings. The number of hydrogen-bond donors (Lipinski definition) is 0. The van der Waals surface area contributed by atoms with Crippen molar-refractivity contribution in [3.8, 4) is 0 Å². The van der Waals surface area contributed by atoms with Crippen LogP contribution in [0.1, 0.15) is 0 Å². The van der Waals surface area contributed by atoms with E-state index in [4.69, 9.17) is 0 Å². The molecular weight excluding hydrogens is 229 g/mol. The molecule has 0 bridgehead atoms. The van der Waals surface area contributed by atoms with Crippen LogP contribution in [0.2, 0.25) is 0 Å². The standard InChI is InChI=1S/C8H5S.ClH.Zn/c1-2-4-8-7(3-1)5-6-9-8;;/h1-5H;1H;/q-1;;+2/p-1. The molecule has 0 atom stereocenters. The first kappa shape index (κ1) is 11.1. The van der Waals surface area contributed by atoms with E-state index in [2.05, 4.69) is 17.5 Å². The maximum atomic E-state index is 3.08. The van der Waals surface area contributed by atoms with Crippen molar-refractivity contribution in [2.24, 2.45) is 0 Å². The molecule has 0 spiro atoms. The van der Waals surface area contributed by atoms with Crippen LogP contribution in [0.5, 0.6) is 0 Å². The third kappa shape index (κ3) is 2.26. The third-order valence-electron chi connectivity index (χ3n) is 1.30. The molecule has 0 radical (unpaired) electrons. The topological polar surface area (TPSA) is 0 Å². The fourth-order valence-corrected chi connectivity index (χ4v) is 1.55. The molecule has 0 saturated heterocycles. The Labute approximate surface area is 88.8 Å². The molecule has 2 rings (SSSR count). The van der Waals surface area contributed by atoms with E-state index >= 15 is 0 Å². The van der Waals surface area contributed by atoms with Crippen LogP contribution in [0.4, 0.5) is 0 Å². The Morgan fingerprint density at radius 3 is 2.64 bits per heavy atom. The van der Waals surface area contributed by atoms with Crippen molar-refractivity contribution in [3.05, 3.63) is 35.7 Å². The number of rotatable bonds is 0. The van der Waals surface area contributed by atoms with E-state index in [0.717, 1.165) is 0 Å². The Balaban J connectivity index is 0.000000500. The molecule has 52 valence electrons. The average Bonchev–Trinajstić information content (AvgIpc) is 2.33. The van der Waals surface area contributed by atoms with Gasteiger partial charge in [0.2, 0.25) is 0 Å². The van der Waals surface area contributed by atoms with Crippen LogP contribution in [0.15, 0.2) is 30.3 Å². The minimum atomic E-state index is 0. The summed E-state index contributed by atoms with van der Waals surface area (Å²) in [5.41, 5.74) is 0. The molecule has 0 saturated carbocycles. The summed E-state index contributed by atoms with van der Waals surface area (Å²) in [6, 6.07) is 10.3. The molecule has 1 aromatic heterocycles. The van der Waals surface area contributed by atoms with Gasteiger partial charge in [-0.2, -0.15) is 11.5 Å². The quantitative estimate of drug-likeness (QED) is 0.434. The fourth-order valence-electron chi connectivity index (χ4n) is 0.849. The minimum Gasteiger partial charge on any atom is -1.00 e. The third-order valence-corrected chi connectivity index (χ3v) is 2.13. The van der Waals surface area contributed by atoms with Crippen molar-refractivity contribution < 1.29 is 31.9 Å². The summed E-state index contributed by atoms with van der Waals surface area (Å²) in [4.78, 5) is 0. The zero-order valence-electron chi connectivity index (χ0n) is 5.88. The Kier molecular flexibility index (Phi) is 4.91. The van der Waals surface area contributed by atoms with Gasteiger partial charge in [0, 0.05) is 0 Å². The van der Waals surface area contributed by atoms with Gasteiger partial charge in [0.05, 0.1) is 0 Å². The second-order valence-corrected chi connectivity index (χ2v) is 2.78. The Bertz CT molecular complexity index is 288. The predicted octanol–water partition coefficient (Wildman–Crippen LogP) is -0.297. The molecule has 1 aromatic carbocycles. The Hall–Kier alpha value is 0.0934. The molecule has 0 aliphatic rings. The molecule has 0 N–H and O–H groups in total. The maximum absolute atomic E-state index is 3.08. The van der Waals surface area contributed by atoms with E-state index < -0.39 is 0 Å².